The number of carbonyl (C=O) groups is 3. The van der Waals surface area contributed by atoms with E-state index in [0.29, 0.717) is 12.8 Å². The van der Waals surface area contributed by atoms with Gasteiger partial charge in [0, 0.05) is 12.8 Å². The van der Waals surface area contributed by atoms with Crippen molar-refractivity contribution in [3.63, 3.8) is 0 Å². The monoisotopic (exact) mass is 474 g/mol. The summed E-state index contributed by atoms with van der Waals surface area (Å²) in [6.07, 6.45) is 7.01. The summed E-state index contributed by atoms with van der Waals surface area (Å²) in [5, 5.41) is 21.1. The molecule has 4 rings (SSSR count). The highest BCUT2D eigenvalue weighted by Crippen LogP contribution is 2.70. The van der Waals surface area contributed by atoms with Crippen molar-refractivity contribution in [1.82, 2.24) is 0 Å². The smallest absolute Gasteiger partial charge is 0.310 e. The number of carbonyl (C=O) groups excluding carboxylic acids is 2. The summed E-state index contributed by atoms with van der Waals surface area (Å²) in [4.78, 5) is 37.5. The van der Waals surface area contributed by atoms with Gasteiger partial charge in [-0.05, 0) is 99.4 Å². The molecule has 8 atom stereocenters. The van der Waals surface area contributed by atoms with Crippen LogP contribution in [-0.2, 0) is 19.1 Å². The van der Waals surface area contributed by atoms with Crippen LogP contribution < -0.4 is 0 Å². The van der Waals surface area contributed by atoms with Gasteiger partial charge in [0.05, 0.1) is 17.6 Å². The maximum absolute atomic E-state index is 13.7. The number of esters is 1. The molecule has 0 unspecified atom stereocenters. The quantitative estimate of drug-likeness (QED) is 0.530. The number of aliphatic carboxylic acids is 1. The van der Waals surface area contributed by atoms with E-state index in [0.717, 1.165) is 37.7 Å². The molecule has 3 saturated carbocycles. The molecule has 6 heteroatoms. The van der Waals surface area contributed by atoms with E-state index in [4.69, 9.17) is 4.74 Å². The Labute approximate surface area is 203 Å². The van der Waals surface area contributed by atoms with Gasteiger partial charge >= 0.3 is 11.9 Å². The zero-order chi connectivity index (χ0) is 25.1. The topological polar surface area (TPSA) is 101 Å². The lowest BCUT2D eigenvalue weighted by atomic mass is 9.41. The lowest BCUT2D eigenvalue weighted by Crippen LogP contribution is -2.60. The predicted molar refractivity (Wildman–Crippen MR) is 128 cm³/mol. The van der Waals surface area contributed by atoms with Gasteiger partial charge in [0.1, 0.15) is 0 Å². The molecule has 3 fully saturated rings. The minimum atomic E-state index is -1.03. The van der Waals surface area contributed by atoms with E-state index in [1.807, 2.05) is 19.9 Å². The van der Waals surface area contributed by atoms with Crippen molar-refractivity contribution in [2.45, 2.75) is 104 Å². The number of fused-ring (bicyclic) bond motifs is 5. The Kier molecular flexibility index (Phi) is 6.54. The van der Waals surface area contributed by atoms with Gasteiger partial charge in [0.15, 0.2) is 5.78 Å². The van der Waals surface area contributed by atoms with E-state index in [2.05, 4.69) is 20.8 Å². The van der Waals surface area contributed by atoms with Crippen molar-refractivity contribution in [3.05, 3.63) is 11.6 Å². The fourth-order valence-corrected chi connectivity index (χ4v) is 8.71. The standard InChI is InChI=1S/C28H42O6/c1-6-18-21-15-17(29)7-11-26(21,4)19-8-12-27(5)20(9-13-28(27,33)14-10-22(30)31)24(19)23(18)25(32)34-16(2)3/h15-16,18-20,23-24,33H,6-14H2,1-5H3,(H,30,31)/t18-,19+,20+,23-,24-,26-,27+,28-/m1/s1. The second-order valence-electron chi connectivity index (χ2n) is 12.2. The average Bonchev–Trinajstić information content (AvgIpc) is 3.02. The van der Waals surface area contributed by atoms with Crippen LogP contribution in [0.5, 0.6) is 0 Å². The van der Waals surface area contributed by atoms with Crippen LogP contribution in [0.25, 0.3) is 0 Å². The third-order valence-electron chi connectivity index (χ3n) is 10.4. The van der Waals surface area contributed by atoms with Crippen LogP contribution in [0.15, 0.2) is 11.6 Å². The molecule has 0 bridgehead atoms. The van der Waals surface area contributed by atoms with Gasteiger partial charge in [-0.2, -0.15) is 0 Å². The van der Waals surface area contributed by atoms with Crippen molar-refractivity contribution < 1.29 is 29.3 Å². The van der Waals surface area contributed by atoms with Crippen LogP contribution in [0, 0.1) is 40.4 Å². The summed E-state index contributed by atoms with van der Waals surface area (Å²) in [7, 11) is 0. The lowest BCUT2D eigenvalue weighted by molar-refractivity contribution is -0.179. The Morgan fingerprint density at radius 3 is 2.44 bits per heavy atom. The van der Waals surface area contributed by atoms with Gasteiger partial charge < -0.3 is 14.9 Å². The summed E-state index contributed by atoms with van der Waals surface area (Å²) in [6.45, 7) is 10.3. The number of allylic oxidation sites excluding steroid dienone is 1. The molecule has 34 heavy (non-hydrogen) atoms. The fraction of sp³-hybridized carbons (Fsp3) is 0.821. The third-order valence-corrected chi connectivity index (χ3v) is 10.4. The molecule has 0 heterocycles. The number of hydrogen-bond donors (Lipinski definition) is 2. The first-order chi connectivity index (χ1) is 15.9. The maximum atomic E-state index is 13.7. The number of carboxylic acid groups (broad SMARTS) is 1. The van der Waals surface area contributed by atoms with Crippen molar-refractivity contribution in [2.24, 2.45) is 40.4 Å². The molecule has 0 amide bonds. The summed E-state index contributed by atoms with van der Waals surface area (Å²) >= 11 is 0. The second kappa shape index (κ2) is 8.76. The molecule has 4 aliphatic rings. The molecular formula is C28H42O6. The Balaban J connectivity index is 1.81. The zero-order valence-electron chi connectivity index (χ0n) is 21.4. The van der Waals surface area contributed by atoms with E-state index in [1.165, 1.54) is 0 Å². The van der Waals surface area contributed by atoms with E-state index in [9.17, 15) is 24.6 Å². The minimum Gasteiger partial charge on any atom is -0.481 e. The average molecular weight is 475 g/mol. The SMILES string of the molecule is CC[C@@H]1C2=CC(=O)CC[C@]2(C)[C@H]2CC[C@@]3(C)[C@@H](CC[C@@]3(O)CCC(=O)O)[C@@H]2[C@@H]1C(=O)OC(C)C. The molecule has 6 nitrogen and oxygen atoms in total. The first kappa shape index (κ1) is 25.4. The van der Waals surface area contributed by atoms with Crippen LogP contribution in [0.4, 0.5) is 0 Å². The predicted octanol–water partition coefficient (Wildman–Crippen LogP) is 4.93. The highest BCUT2D eigenvalue weighted by Gasteiger charge is 2.67. The molecule has 0 spiro atoms. The summed E-state index contributed by atoms with van der Waals surface area (Å²) in [5.74, 6) is -0.854. The van der Waals surface area contributed by atoms with Gasteiger partial charge in [0.25, 0.3) is 0 Å². The highest BCUT2D eigenvalue weighted by molar-refractivity contribution is 5.92. The van der Waals surface area contributed by atoms with E-state index >= 15 is 0 Å². The third kappa shape index (κ3) is 3.75. The van der Waals surface area contributed by atoms with Gasteiger partial charge in [-0.25, -0.2) is 0 Å². The fourth-order valence-electron chi connectivity index (χ4n) is 8.71. The van der Waals surface area contributed by atoms with Gasteiger partial charge in [-0.3, -0.25) is 14.4 Å². The normalized spacial score (nSPS) is 43.6. The van der Waals surface area contributed by atoms with E-state index < -0.39 is 17.0 Å². The summed E-state index contributed by atoms with van der Waals surface area (Å²) < 4.78 is 5.83. The Bertz CT molecular complexity index is 891. The number of ketones is 1. The van der Waals surface area contributed by atoms with Crippen molar-refractivity contribution in [1.29, 1.82) is 0 Å². The molecule has 2 N–H and O–H groups in total. The number of rotatable bonds is 6. The number of hydrogen-bond acceptors (Lipinski definition) is 5. The van der Waals surface area contributed by atoms with Gasteiger partial charge in [-0.15, -0.1) is 0 Å². The molecule has 0 aromatic rings. The maximum Gasteiger partial charge on any atom is 0.310 e. The van der Waals surface area contributed by atoms with Crippen molar-refractivity contribution >= 4 is 17.7 Å². The lowest BCUT2D eigenvalue weighted by Gasteiger charge is -2.62. The highest BCUT2D eigenvalue weighted by atomic mass is 16.5. The molecular weight excluding hydrogens is 432 g/mol. The molecule has 190 valence electrons. The van der Waals surface area contributed by atoms with Crippen LogP contribution in [0.2, 0.25) is 0 Å². The van der Waals surface area contributed by atoms with Crippen molar-refractivity contribution in [3.8, 4) is 0 Å². The second-order valence-corrected chi connectivity index (χ2v) is 12.2. The van der Waals surface area contributed by atoms with Crippen molar-refractivity contribution in [2.75, 3.05) is 0 Å². The molecule has 0 aromatic carbocycles. The Morgan fingerprint density at radius 1 is 1.15 bits per heavy atom. The van der Waals surface area contributed by atoms with Crippen LogP contribution in [0.1, 0.15) is 92.4 Å². The molecule has 0 radical (unpaired) electrons. The number of ether oxygens (including phenoxy) is 1. The summed E-state index contributed by atoms with van der Waals surface area (Å²) in [5.41, 5.74) is -0.451. The largest absolute Gasteiger partial charge is 0.481 e. The van der Waals surface area contributed by atoms with Gasteiger partial charge in [-0.1, -0.05) is 26.3 Å². The first-order valence-corrected chi connectivity index (χ1v) is 13.3. The van der Waals surface area contributed by atoms with Crippen LogP contribution in [0.3, 0.4) is 0 Å². The summed E-state index contributed by atoms with van der Waals surface area (Å²) in [6, 6.07) is 0. The number of aliphatic hydroxyl groups is 1. The Hall–Kier alpha value is -1.69. The Morgan fingerprint density at radius 2 is 1.82 bits per heavy atom. The van der Waals surface area contributed by atoms with Gasteiger partial charge in [0.2, 0.25) is 0 Å². The van der Waals surface area contributed by atoms with E-state index in [1.54, 1.807) is 0 Å². The zero-order valence-corrected chi connectivity index (χ0v) is 21.4. The number of carboxylic acids is 1. The molecule has 0 aliphatic heterocycles. The minimum absolute atomic E-state index is 0.0446. The first-order valence-electron chi connectivity index (χ1n) is 13.3. The molecule has 0 saturated heterocycles. The molecule has 4 aliphatic carbocycles. The van der Waals surface area contributed by atoms with Crippen LogP contribution >= 0.6 is 0 Å². The van der Waals surface area contributed by atoms with Crippen LogP contribution in [-0.4, -0.2) is 39.6 Å². The molecule has 0 aromatic heterocycles. The van der Waals surface area contributed by atoms with E-state index in [-0.39, 0.29) is 65.7 Å².